The minimum absolute atomic E-state index is 0.478. The van der Waals surface area contributed by atoms with Gasteiger partial charge in [-0.1, -0.05) is 6.92 Å². The van der Waals surface area contributed by atoms with Crippen molar-refractivity contribution >= 4 is 16.5 Å². The van der Waals surface area contributed by atoms with Crippen molar-refractivity contribution in [3.05, 3.63) is 11.1 Å². The molecule has 1 aromatic heterocycles. The number of aryl methyl sites for hydroxylation is 1. The lowest BCUT2D eigenvalue weighted by Gasteiger charge is -2.03. The number of thiazole rings is 1. The molecule has 0 spiro atoms. The Morgan fingerprint density at radius 2 is 2.36 bits per heavy atom. The van der Waals surface area contributed by atoms with Crippen molar-refractivity contribution in [1.29, 1.82) is 0 Å². The predicted molar refractivity (Wildman–Crippen MR) is 50.3 cm³/mol. The zero-order chi connectivity index (χ0) is 8.27. The first kappa shape index (κ1) is 8.53. The fraction of sp³-hybridized carbons (Fsp3) is 0.625. The third-order valence-corrected chi connectivity index (χ3v) is 2.15. The predicted octanol–water partition coefficient (Wildman–Crippen LogP) is 2.53. The minimum atomic E-state index is 0.478. The van der Waals surface area contributed by atoms with E-state index in [0.717, 1.165) is 11.6 Å². The van der Waals surface area contributed by atoms with E-state index in [-0.39, 0.29) is 0 Å². The summed E-state index contributed by atoms with van der Waals surface area (Å²) in [7, 11) is 0. The Morgan fingerprint density at radius 3 is 2.82 bits per heavy atom. The van der Waals surface area contributed by atoms with Crippen LogP contribution in [-0.2, 0) is 6.42 Å². The summed E-state index contributed by atoms with van der Waals surface area (Å²) in [5.74, 6) is 0. The van der Waals surface area contributed by atoms with Crippen LogP contribution in [-0.4, -0.2) is 11.0 Å². The Hall–Kier alpha value is -0.570. The van der Waals surface area contributed by atoms with E-state index in [4.69, 9.17) is 0 Å². The van der Waals surface area contributed by atoms with Crippen LogP contribution >= 0.6 is 11.3 Å². The summed E-state index contributed by atoms with van der Waals surface area (Å²) in [4.78, 5) is 4.38. The van der Waals surface area contributed by atoms with E-state index < -0.39 is 0 Å². The van der Waals surface area contributed by atoms with Crippen LogP contribution in [0, 0.1) is 0 Å². The average molecular weight is 170 g/mol. The lowest BCUT2D eigenvalue weighted by molar-refractivity contribution is 0.892. The summed E-state index contributed by atoms with van der Waals surface area (Å²) in [6.45, 7) is 6.36. The Kier molecular flexibility index (Phi) is 2.88. The van der Waals surface area contributed by atoms with E-state index in [9.17, 15) is 0 Å². The van der Waals surface area contributed by atoms with Gasteiger partial charge in [0.2, 0.25) is 0 Å². The smallest absolute Gasteiger partial charge is 0.183 e. The number of nitrogens with zero attached hydrogens (tertiary/aromatic N) is 1. The van der Waals surface area contributed by atoms with Crippen LogP contribution in [0.5, 0.6) is 0 Å². The second-order valence-corrected chi connectivity index (χ2v) is 3.65. The Morgan fingerprint density at radius 1 is 1.64 bits per heavy atom. The van der Waals surface area contributed by atoms with Gasteiger partial charge in [-0.15, -0.1) is 11.3 Å². The van der Waals surface area contributed by atoms with Gasteiger partial charge < -0.3 is 5.32 Å². The van der Waals surface area contributed by atoms with Crippen LogP contribution in [0.1, 0.15) is 26.5 Å². The molecule has 0 bridgehead atoms. The van der Waals surface area contributed by atoms with Crippen LogP contribution < -0.4 is 5.32 Å². The summed E-state index contributed by atoms with van der Waals surface area (Å²) in [6, 6.07) is 0.478. The van der Waals surface area contributed by atoms with E-state index in [1.807, 2.05) is 0 Å². The molecule has 0 aliphatic rings. The standard InChI is InChI=1S/C8H14N2S/c1-4-7-5-11-8(10-7)9-6(2)3/h5-6H,4H2,1-3H3,(H,9,10). The highest BCUT2D eigenvalue weighted by molar-refractivity contribution is 7.13. The van der Waals surface area contributed by atoms with E-state index in [1.54, 1.807) is 11.3 Å². The molecular weight excluding hydrogens is 156 g/mol. The lowest BCUT2D eigenvalue weighted by Crippen LogP contribution is -2.09. The molecule has 11 heavy (non-hydrogen) atoms. The number of hydrogen-bond acceptors (Lipinski definition) is 3. The Bertz CT molecular complexity index is 218. The quantitative estimate of drug-likeness (QED) is 0.754. The second-order valence-electron chi connectivity index (χ2n) is 2.80. The fourth-order valence-electron chi connectivity index (χ4n) is 0.783. The molecular formula is C8H14N2S. The van der Waals surface area contributed by atoms with E-state index in [2.05, 4.69) is 36.5 Å². The van der Waals surface area contributed by atoms with E-state index >= 15 is 0 Å². The molecule has 1 aromatic rings. The van der Waals surface area contributed by atoms with Crippen LogP contribution in [0.2, 0.25) is 0 Å². The lowest BCUT2D eigenvalue weighted by atomic mass is 10.4. The number of aromatic nitrogens is 1. The van der Waals surface area contributed by atoms with Crippen LogP contribution in [0.4, 0.5) is 5.13 Å². The molecule has 0 saturated heterocycles. The third-order valence-electron chi connectivity index (χ3n) is 1.33. The second kappa shape index (κ2) is 3.72. The van der Waals surface area contributed by atoms with Gasteiger partial charge in [0.15, 0.2) is 5.13 Å². The summed E-state index contributed by atoms with van der Waals surface area (Å²) >= 11 is 1.68. The topological polar surface area (TPSA) is 24.9 Å². The first-order chi connectivity index (χ1) is 5.22. The maximum atomic E-state index is 4.38. The van der Waals surface area contributed by atoms with Crippen molar-refractivity contribution in [3.63, 3.8) is 0 Å². The van der Waals surface area contributed by atoms with Gasteiger partial charge >= 0.3 is 0 Å². The number of anilines is 1. The molecule has 0 amide bonds. The SMILES string of the molecule is CCc1csc(NC(C)C)n1. The van der Waals surface area contributed by atoms with Crippen LogP contribution in [0.15, 0.2) is 5.38 Å². The van der Waals surface area contributed by atoms with Crippen molar-refractivity contribution < 1.29 is 0 Å². The first-order valence-corrected chi connectivity index (χ1v) is 4.81. The zero-order valence-corrected chi connectivity index (χ0v) is 8.03. The zero-order valence-electron chi connectivity index (χ0n) is 7.22. The molecule has 0 atom stereocenters. The molecule has 0 fully saturated rings. The summed E-state index contributed by atoms with van der Waals surface area (Å²) < 4.78 is 0. The third kappa shape index (κ3) is 2.50. The molecule has 0 unspecified atom stereocenters. The van der Waals surface area contributed by atoms with E-state index in [1.165, 1.54) is 5.69 Å². The van der Waals surface area contributed by atoms with Gasteiger partial charge in [-0.2, -0.15) is 0 Å². The van der Waals surface area contributed by atoms with Crippen molar-refractivity contribution in [2.75, 3.05) is 5.32 Å². The molecule has 2 nitrogen and oxygen atoms in total. The van der Waals surface area contributed by atoms with Gasteiger partial charge in [0.1, 0.15) is 0 Å². The molecule has 62 valence electrons. The number of nitrogens with one attached hydrogen (secondary N) is 1. The largest absolute Gasteiger partial charge is 0.359 e. The highest BCUT2D eigenvalue weighted by Gasteiger charge is 1.99. The van der Waals surface area contributed by atoms with Gasteiger partial charge in [-0.3, -0.25) is 0 Å². The number of rotatable bonds is 3. The van der Waals surface area contributed by atoms with E-state index in [0.29, 0.717) is 6.04 Å². The highest BCUT2D eigenvalue weighted by Crippen LogP contribution is 2.16. The molecule has 1 rings (SSSR count). The number of hydrogen-bond donors (Lipinski definition) is 1. The van der Waals surface area contributed by atoms with Crippen molar-refractivity contribution in [2.24, 2.45) is 0 Å². The Balaban J connectivity index is 2.58. The van der Waals surface area contributed by atoms with Crippen LogP contribution in [0.25, 0.3) is 0 Å². The molecule has 0 aliphatic carbocycles. The van der Waals surface area contributed by atoms with Gasteiger partial charge in [0.25, 0.3) is 0 Å². The molecule has 0 saturated carbocycles. The molecule has 1 heterocycles. The molecule has 0 radical (unpaired) electrons. The normalized spacial score (nSPS) is 10.5. The molecule has 0 aliphatic heterocycles. The molecule has 1 N–H and O–H groups in total. The van der Waals surface area contributed by atoms with Gasteiger partial charge in [0.05, 0.1) is 5.69 Å². The summed E-state index contributed by atoms with van der Waals surface area (Å²) in [5.41, 5.74) is 1.18. The first-order valence-electron chi connectivity index (χ1n) is 3.93. The maximum absolute atomic E-state index is 4.38. The van der Waals surface area contributed by atoms with Gasteiger partial charge in [-0.05, 0) is 20.3 Å². The van der Waals surface area contributed by atoms with Crippen molar-refractivity contribution in [3.8, 4) is 0 Å². The summed E-state index contributed by atoms with van der Waals surface area (Å²) in [6.07, 6.45) is 1.02. The Labute approximate surface area is 71.7 Å². The average Bonchev–Trinajstić information content (AvgIpc) is 2.34. The highest BCUT2D eigenvalue weighted by atomic mass is 32.1. The maximum Gasteiger partial charge on any atom is 0.183 e. The van der Waals surface area contributed by atoms with Crippen molar-refractivity contribution in [2.45, 2.75) is 33.2 Å². The van der Waals surface area contributed by atoms with Gasteiger partial charge in [0, 0.05) is 11.4 Å². The monoisotopic (exact) mass is 170 g/mol. The molecule has 0 aromatic carbocycles. The fourth-order valence-corrected chi connectivity index (χ4v) is 1.72. The van der Waals surface area contributed by atoms with Crippen molar-refractivity contribution in [1.82, 2.24) is 4.98 Å². The minimum Gasteiger partial charge on any atom is -0.359 e. The van der Waals surface area contributed by atoms with Gasteiger partial charge in [-0.25, -0.2) is 4.98 Å². The van der Waals surface area contributed by atoms with Crippen LogP contribution in [0.3, 0.4) is 0 Å². The molecule has 3 heteroatoms. The summed E-state index contributed by atoms with van der Waals surface area (Å²) in [5, 5.41) is 6.41.